The fourth-order valence-corrected chi connectivity index (χ4v) is 1.08. The topological polar surface area (TPSA) is 95.5 Å². The van der Waals surface area contributed by atoms with Crippen LogP contribution in [0, 0.1) is 20.2 Å². The molecule has 0 unspecified atom stereocenters. The van der Waals surface area contributed by atoms with Crippen LogP contribution < -0.4 is 4.74 Å². The van der Waals surface area contributed by atoms with Gasteiger partial charge in [-0.25, -0.2) is 0 Å². The van der Waals surface area contributed by atoms with Crippen molar-refractivity contribution in [1.29, 1.82) is 0 Å². The molecule has 7 nitrogen and oxygen atoms in total. The first-order chi connectivity index (χ1) is 7.54. The second kappa shape index (κ2) is 5.06. The molecule has 0 N–H and O–H groups in total. The van der Waals surface area contributed by atoms with Gasteiger partial charge in [-0.2, -0.15) is 0 Å². The Labute approximate surface area is 90.9 Å². The minimum atomic E-state index is -0.689. The third-order valence-electron chi connectivity index (χ3n) is 1.77. The Morgan fingerprint density at radius 2 is 1.62 bits per heavy atom. The zero-order valence-corrected chi connectivity index (χ0v) is 8.58. The second-order valence-corrected chi connectivity index (χ2v) is 3.05. The van der Waals surface area contributed by atoms with E-state index in [1.54, 1.807) is 0 Å². The molecule has 0 saturated carbocycles. The lowest BCUT2D eigenvalue weighted by Crippen LogP contribution is -1.98. The van der Waals surface area contributed by atoms with E-state index < -0.39 is 9.85 Å². The van der Waals surface area contributed by atoms with E-state index in [0.717, 1.165) is 12.5 Å². The normalized spacial score (nSPS) is 9.81. The van der Waals surface area contributed by atoms with Gasteiger partial charge in [-0.1, -0.05) is 6.92 Å². The molecule has 1 rings (SSSR count). The first kappa shape index (κ1) is 11.9. The lowest BCUT2D eigenvalue weighted by atomic mass is 10.2. The fourth-order valence-electron chi connectivity index (χ4n) is 1.08. The maximum absolute atomic E-state index is 10.5. The summed E-state index contributed by atoms with van der Waals surface area (Å²) in [6.07, 6.45) is 0.719. The summed E-state index contributed by atoms with van der Waals surface area (Å²) >= 11 is 0. The van der Waals surface area contributed by atoms with Gasteiger partial charge in [-0.15, -0.1) is 0 Å². The Morgan fingerprint density at radius 1 is 1.12 bits per heavy atom. The summed E-state index contributed by atoms with van der Waals surface area (Å²) in [6, 6.07) is 3.24. The van der Waals surface area contributed by atoms with E-state index >= 15 is 0 Å². The van der Waals surface area contributed by atoms with Gasteiger partial charge in [0.25, 0.3) is 11.4 Å². The third kappa shape index (κ3) is 2.91. The highest BCUT2D eigenvalue weighted by Gasteiger charge is 2.16. The molecule has 0 fully saturated rings. The molecule has 0 aliphatic rings. The number of benzene rings is 1. The largest absolute Gasteiger partial charge is 0.493 e. The Hall–Kier alpha value is -2.18. The van der Waals surface area contributed by atoms with E-state index in [1.165, 1.54) is 12.1 Å². The highest BCUT2D eigenvalue weighted by atomic mass is 16.6. The number of ether oxygens (including phenoxy) is 1. The Morgan fingerprint density at radius 3 is 2.00 bits per heavy atom. The van der Waals surface area contributed by atoms with Crippen molar-refractivity contribution in [2.75, 3.05) is 6.61 Å². The molecular formula is C9H10N2O5. The quantitative estimate of drug-likeness (QED) is 0.566. The summed E-state index contributed by atoms with van der Waals surface area (Å²) in [6.45, 7) is 2.23. The molecule has 0 saturated heterocycles. The average Bonchev–Trinajstić information content (AvgIpc) is 2.25. The predicted molar refractivity (Wildman–Crippen MR) is 55.5 cm³/mol. The van der Waals surface area contributed by atoms with E-state index in [1.807, 2.05) is 6.92 Å². The monoisotopic (exact) mass is 226 g/mol. The van der Waals surface area contributed by atoms with Crippen molar-refractivity contribution in [3.63, 3.8) is 0 Å². The molecule has 0 aromatic heterocycles. The van der Waals surface area contributed by atoms with Crippen LogP contribution in [0.2, 0.25) is 0 Å². The van der Waals surface area contributed by atoms with Crippen molar-refractivity contribution < 1.29 is 14.6 Å². The molecule has 1 aromatic carbocycles. The minimum absolute atomic E-state index is 0.141. The molecule has 0 bridgehead atoms. The summed E-state index contributed by atoms with van der Waals surface area (Å²) in [7, 11) is 0. The summed E-state index contributed by atoms with van der Waals surface area (Å²) in [5.41, 5.74) is -0.694. The fraction of sp³-hybridized carbons (Fsp3) is 0.333. The molecule has 16 heavy (non-hydrogen) atoms. The van der Waals surface area contributed by atoms with Gasteiger partial charge in [0.05, 0.1) is 34.7 Å². The number of non-ortho nitro benzene ring substituents is 2. The van der Waals surface area contributed by atoms with Crippen molar-refractivity contribution in [2.24, 2.45) is 0 Å². The molecule has 0 atom stereocenters. The van der Waals surface area contributed by atoms with Crippen LogP contribution in [-0.4, -0.2) is 16.5 Å². The predicted octanol–water partition coefficient (Wildman–Crippen LogP) is 2.29. The highest BCUT2D eigenvalue weighted by molar-refractivity contribution is 5.49. The third-order valence-corrected chi connectivity index (χ3v) is 1.77. The number of hydrogen-bond acceptors (Lipinski definition) is 5. The van der Waals surface area contributed by atoms with Gasteiger partial charge < -0.3 is 4.74 Å². The van der Waals surface area contributed by atoms with Crippen LogP contribution in [0.1, 0.15) is 13.3 Å². The number of hydrogen-bond donors (Lipinski definition) is 0. The zero-order valence-electron chi connectivity index (χ0n) is 8.58. The number of nitro benzene ring substituents is 2. The molecule has 0 spiro atoms. The summed E-state index contributed by atoms with van der Waals surface area (Å²) < 4.78 is 5.13. The van der Waals surface area contributed by atoms with Crippen molar-refractivity contribution in [3.8, 4) is 5.75 Å². The van der Waals surface area contributed by atoms with Crippen molar-refractivity contribution in [1.82, 2.24) is 0 Å². The van der Waals surface area contributed by atoms with Crippen LogP contribution in [0.25, 0.3) is 0 Å². The Balaban J connectivity index is 3.08. The molecule has 0 radical (unpaired) electrons. The maximum Gasteiger partial charge on any atom is 0.280 e. The molecule has 0 aliphatic carbocycles. The van der Waals surface area contributed by atoms with E-state index in [2.05, 4.69) is 0 Å². The standard InChI is InChI=1S/C9H10N2O5/c1-2-3-16-9-5-7(10(12)13)4-8(6-9)11(14)15/h4-6H,2-3H2,1H3. The van der Waals surface area contributed by atoms with Gasteiger partial charge >= 0.3 is 0 Å². The van der Waals surface area contributed by atoms with Gasteiger partial charge in [-0.3, -0.25) is 20.2 Å². The molecule has 0 aliphatic heterocycles. The lowest BCUT2D eigenvalue weighted by Gasteiger charge is -2.03. The lowest BCUT2D eigenvalue weighted by molar-refractivity contribution is -0.394. The minimum Gasteiger partial charge on any atom is -0.493 e. The second-order valence-electron chi connectivity index (χ2n) is 3.05. The molecular weight excluding hydrogens is 216 g/mol. The van der Waals surface area contributed by atoms with Crippen LogP contribution in [0.3, 0.4) is 0 Å². The molecule has 0 heterocycles. The zero-order chi connectivity index (χ0) is 12.1. The maximum atomic E-state index is 10.5. The van der Waals surface area contributed by atoms with Crippen molar-refractivity contribution in [2.45, 2.75) is 13.3 Å². The van der Waals surface area contributed by atoms with Gasteiger partial charge in [0, 0.05) is 0 Å². The highest BCUT2D eigenvalue weighted by Crippen LogP contribution is 2.27. The number of rotatable bonds is 5. The first-order valence-electron chi connectivity index (χ1n) is 4.61. The Kier molecular flexibility index (Phi) is 3.76. The van der Waals surface area contributed by atoms with Gasteiger partial charge in [0.2, 0.25) is 0 Å². The van der Waals surface area contributed by atoms with Crippen molar-refractivity contribution in [3.05, 3.63) is 38.4 Å². The van der Waals surface area contributed by atoms with Crippen LogP contribution >= 0.6 is 0 Å². The van der Waals surface area contributed by atoms with Gasteiger partial charge in [0.1, 0.15) is 5.75 Å². The van der Waals surface area contributed by atoms with Gasteiger partial charge in [0.15, 0.2) is 0 Å². The summed E-state index contributed by atoms with van der Waals surface area (Å²) in [5.74, 6) is 0.141. The molecule has 1 aromatic rings. The average molecular weight is 226 g/mol. The molecule has 0 amide bonds. The SMILES string of the molecule is CCCOc1cc([N+](=O)[O-])cc([N+](=O)[O-])c1. The number of nitrogens with zero attached hydrogens (tertiary/aromatic N) is 2. The van der Waals surface area contributed by atoms with Crippen molar-refractivity contribution >= 4 is 11.4 Å². The van der Waals surface area contributed by atoms with Crippen LogP contribution in [0.5, 0.6) is 5.75 Å². The first-order valence-corrected chi connectivity index (χ1v) is 4.61. The van der Waals surface area contributed by atoms with E-state index in [4.69, 9.17) is 4.74 Å². The summed E-state index contributed by atoms with van der Waals surface area (Å²) in [5, 5.41) is 21.1. The van der Waals surface area contributed by atoms with Crippen LogP contribution in [-0.2, 0) is 0 Å². The molecule has 7 heteroatoms. The Bertz CT molecular complexity index is 386. The van der Waals surface area contributed by atoms with Crippen LogP contribution in [0.15, 0.2) is 18.2 Å². The van der Waals surface area contributed by atoms with Crippen LogP contribution in [0.4, 0.5) is 11.4 Å². The molecule has 86 valence electrons. The van der Waals surface area contributed by atoms with Gasteiger partial charge in [-0.05, 0) is 6.42 Å². The summed E-state index contributed by atoms with van der Waals surface area (Å²) in [4.78, 5) is 19.7. The van der Waals surface area contributed by atoms with E-state index in [0.29, 0.717) is 6.61 Å². The van der Waals surface area contributed by atoms with E-state index in [-0.39, 0.29) is 17.1 Å². The number of nitro groups is 2. The smallest absolute Gasteiger partial charge is 0.280 e. The van der Waals surface area contributed by atoms with E-state index in [9.17, 15) is 20.2 Å².